The average Bonchev–Trinajstić information content (AvgIpc) is 3.12. The summed E-state index contributed by atoms with van der Waals surface area (Å²) >= 11 is 10.7. The highest BCUT2D eigenvalue weighted by atomic mass is 32.1. The van der Waals surface area contributed by atoms with E-state index < -0.39 is 0 Å². The molecule has 0 bridgehead atoms. The monoisotopic (exact) mass is 424 g/mol. The van der Waals surface area contributed by atoms with Crippen molar-refractivity contribution >= 4 is 24.4 Å². The molecular weight excluding hydrogens is 388 g/mol. The largest absolute Gasteiger partial charge is 0.299 e. The maximum Gasteiger partial charge on any atom is 0.195 e. The molecule has 28 heavy (non-hydrogen) atoms. The van der Waals surface area contributed by atoms with Crippen molar-refractivity contribution in [3.8, 4) is 0 Å². The molecule has 0 fully saturated rings. The molecule has 158 valence electrons. The van der Waals surface area contributed by atoms with Crippen LogP contribution in [0.25, 0.3) is 0 Å². The average molecular weight is 425 g/mol. The summed E-state index contributed by atoms with van der Waals surface area (Å²) in [6, 6.07) is 0. The minimum Gasteiger partial charge on any atom is -0.299 e. The van der Waals surface area contributed by atoms with E-state index in [1.54, 1.807) is 0 Å². The lowest BCUT2D eigenvalue weighted by Crippen LogP contribution is -2.24. The first-order chi connectivity index (χ1) is 13.0. The molecule has 6 nitrogen and oxygen atoms in total. The second kappa shape index (κ2) is 9.48. The van der Waals surface area contributed by atoms with E-state index in [1.807, 2.05) is 0 Å². The zero-order chi connectivity index (χ0) is 20.9. The van der Waals surface area contributed by atoms with E-state index in [2.05, 4.69) is 71.1 Å². The molecule has 0 saturated carbocycles. The summed E-state index contributed by atoms with van der Waals surface area (Å²) in [5.41, 5.74) is -0.0546. The Morgan fingerprint density at radius 1 is 0.643 bits per heavy atom. The minimum absolute atomic E-state index is 0.0273. The first-order valence-corrected chi connectivity index (χ1v) is 11.2. The number of hydrogen-bond acceptors (Lipinski definition) is 4. The Hall–Kier alpha value is -1.28. The summed E-state index contributed by atoms with van der Waals surface area (Å²) in [5, 5.41) is 14.7. The number of nitrogens with zero attached hydrogens (tertiary/aromatic N) is 4. The fourth-order valence-corrected chi connectivity index (χ4v) is 4.50. The van der Waals surface area contributed by atoms with Crippen LogP contribution < -0.4 is 0 Å². The van der Waals surface area contributed by atoms with E-state index in [0.29, 0.717) is 0 Å². The second-order valence-corrected chi connectivity index (χ2v) is 10.3. The van der Waals surface area contributed by atoms with Gasteiger partial charge in [0, 0.05) is 23.9 Å². The number of nitrogens with one attached hydrogen (secondary N) is 2. The molecule has 2 aromatic heterocycles. The summed E-state index contributed by atoms with van der Waals surface area (Å²) in [5.74, 6) is 2.14. The van der Waals surface area contributed by atoms with Crippen LogP contribution in [-0.2, 0) is 23.9 Å². The van der Waals surface area contributed by atoms with Gasteiger partial charge >= 0.3 is 0 Å². The van der Waals surface area contributed by atoms with Crippen LogP contribution in [-0.4, -0.2) is 29.5 Å². The number of hydrogen-bond donors (Lipinski definition) is 2. The smallest absolute Gasteiger partial charge is 0.195 e. The van der Waals surface area contributed by atoms with E-state index in [1.165, 1.54) is 25.7 Å². The highest BCUT2D eigenvalue weighted by Crippen LogP contribution is 2.20. The number of H-pyrrole nitrogens is 2. The molecule has 2 rings (SSSR count). The predicted molar refractivity (Wildman–Crippen MR) is 120 cm³/mol. The second-order valence-electron chi connectivity index (χ2n) is 9.52. The zero-order valence-electron chi connectivity index (χ0n) is 18.3. The number of aryl methyl sites for hydroxylation is 2. The Balaban J connectivity index is 1.68. The lowest BCUT2D eigenvalue weighted by Gasteiger charge is -2.22. The first-order valence-electron chi connectivity index (χ1n) is 10.4. The van der Waals surface area contributed by atoms with E-state index >= 15 is 0 Å². The number of aromatic amines is 2. The molecule has 2 aromatic rings. The molecule has 0 atom stereocenters. The van der Waals surface area contributed by atoms with Gasteiger partial charge in [-0.25, -0.2) is 0 Å². The van der Waals surface area contributed by atoms with E-state index in [9.17, 15) is 0 Å². The Kier molecular flexibility index (Phi) is 7.79. The molecule has 0 amide bonds. The van der Waals surface area contributed by atoms with Crippen molar-refractivity contribution in [1.82, 2.24) is 29.5 Å². The Morgan fingerprint density at radius 3 is 1.29 bits per heavy atom. The van der Waals surface area contributed by atoms with Crippen molar-refractivity contribution in [2.24, 2.45) is 0 Å². The molecule has 0 aromatic carbocycles. The predicted octanol–water partition coefficient (Wildman–Crippen LogP) is 5.83. The third-order valence-corrected chi connectivity index (χ3v) is 5.42. The van der Waals surface area contributed by atoms with Crippen molar-refractivity contribution in [1.29, 1.82) is 0 Å². The summed E-state index contributed by atoms with van der Waals surface area (Å²) < 4.78 is 5.72. The third-order valence-electron chi connectivity index (χ3n) is 4.88. The summed E-state index contributed by atoms with van der Waals surface area (Å²) in [7, 11) is 0. The van der Waals surface area contributed by atoms with Crippen molar-refractivity contribution in [2.45, 2.75) is 104 Å². The molecule has 0 aliphatic heterocycles. The van der Waals surface area contributed by atoms with Gasteiger partial charge in [-0.3, -0.25) is 19.3 Å². The summed E-state index contributed by atoms with van der Waals surface area (Å²) in [4.78, 5) is 0. The van der Waals surface area contributed by atoms with Crippen LogP contribution in [0.2, 0.25) is 0 Å². The summed E-state index contributed by atoms with van der Waals surface area (Å²) in [6.07, 6.45) is 9.22. The number of rotatable bonds is 9. The van der Waals surface area contributed by atoms with E-state index in [-0.39, 0.29) is 11.1 Å². The Bertz CT molecular complexity index is 785. The molecule has 0 radical (unpaired) electrons. The van der Waals surface area contributed by atoms with Crippen molar-refractivity contribution in [3.63, 3.8) is 0 Å². The molecule has 2 N–H and O–H groups in total. The lowest BCUT2D eigenvalue weighted by molar-refractivity contribution is 0.374. The molecule has 0 unspecified atom stereocenters. The van der Waals surface area contributed by atoms with Crippen LogP contribution in [0.15, 0.2) is 0 Å². The quantitative estimate of drug-likeness (QED) is 0.392. The molecule has 0 aliphatic rings. The molecular formula is C20H36N6S2. The van der Waals surface area contributed by atoms with Gasteiger partial charge in [0.1, 0.15) is 11.6 Å². The molecule has 0 aliphatic carbocycles. The first kappa shape index (κ1) is 23.0. The summed E-state index contributed by atoms with van der Waals surface area (Å²) in [6.45, 7) is 13.0. The lowest BCUT2D eigenvalue weighted by atomic mass is 10.1. The van der Waals surface area contributed by atoms with Gasteiger partial charge in [0.25, 0.3) is 0 Å². The topological polar surface area (TPSA) is 67.2 Å². The van der Waals surface area contributed by atoms with Gasteiger partial charge in [0.15, 0.2) is 9.54 Å². The Labute approximate surface area is 179 Å². The van der Waals surface area contributed by atoms with Gasteiger partial charge < -0.3 is 0 Å². The van der Waals surface area contributed by atoms with Gasteiger partial charge in [-0.1, -0.05) is 25.7 Å². The van der Waals surface area contributed by atoms with Crippen LogP contribution in [0.1, 0.15) is 91.7 Å². The Morgan fingerprint density at radius 2 is 0.964 bits per heavy atom. The normalized spacial score (nSPS) is 12.6. The van der Waals surface area contributed by atoms with Crippen LogP contribution in [0, 0.1) is 9.54 Å². The minimum atomic E-state index is -0.0273. The van der Waals surface area contributed by atoms with E-state index in [4.69, 9.17) is 24.4 Å². The maximum atomic E-state index is 5.37. The zero-order valence-corrected chi connectivity index (χ0v) is 19.9. The van der Waals surface area contributed by atoms with Crippen LogP contribution in [0.4, 0.5) is 0 Å². The highest BCUT2D eigenvalue weighted by molar-refractivity contribution is 7.71. The van der Waals surface area contributed by atoms with Gasteiger partial charge in [0.05, 0.1) is 0 Å². The fourth-order valence-electron chi connectivity index (χ4n) is 3.65. The van der Waals surface area contributed by atoms with Crippen molar-refractivity contribution in [3.05, 3.63) is 21.2 Å². The van der Waals surface area contributed by atoms with Gasteiger partial charge in [-0.2, -0.15) is 10.2 Å². The van der Waals surface area contributed by atoms with Crippen molar-refractivity contribution in [2.75, 3.05) is 0 Å². The van der Waals surface area contributed by atoms with Crippen LogP contribution in [0.3, 0.4) is 0 Å². The SMILES string of the molecule is CC(C)(C)n1c(CCCCCCCCc2n[nH]c(=S)n2C(C)(C)C)n[nH]c1=S. The van der Waals surface area contributed by atoms with Gasteiger partial charge in [-0.05, 0) is 78.8 Å². The highest BCUT2D eigenvalue weighted by Gasteiger charge is 2.19. The maximum absolute atomic E-state index is 5.37. The molecule has 0 spiro atoms. The van der Waals surface area contributed by atoms with Gasteiger partial charge in [-0.15, -0.1) is 0 Å². The molecule has 2 heterocycles. The van der Waals surface area contributed by atoms with Crippen LogP contribution in [0.5, 0.6) is 0 Å². The molecule has 8 heteroatoms. The number of aromatic nitrogens is 6. The standard InChI is InChI=1S/C20H36N6S2/c1-19(2,3)25-15(21-23-17(25)27)13-11-9-7-8-10-12-14-16-22-24-18(28)26(16)20(4,5)6/h7-14H2,1-6H3,(H,23,27)(H,24,28). The van der Waals surface area contributed by atoms with Crippen molar-refractivity contribution < 1.29 is 0 Å². The van der Waals surface area contributed by atoms with Gasteiger partial charge in [0.2, 0.25) is 0 Å². The fraction of sp³-hybridized carbons (Fsp3) is 0.800. The van der Waals surface area contributed by atoms with Crippen LogP contribution >= 0.6 is 24.4 Å². The number of unbranched alkanes of at least 4 members (excludes halogenated alkanes) is 5. The molecule has 0 saturated heterocycles. The third kappa shape index (κ3) is 6.11. The van der Waals surface area contributed by atoms with E-state index in [0.717, 1.165) is 46.9 Å².